The van der Waals surface area contributed by atoms with Gasteiger partial charge in [0.25, 0.3) is 5.91 Å². The fourth-order valence-electron chi connectivity index (χ4n) is 3.15. The first-order chi connectivity index (χ1) is 12.9. The molecule has 1 saturated heterocycles. The number of halogens is 1. The van der Waals surface area contributed by atoms with Crippen LogP contribution in [0.4, 0.5) is 4.39 Å². The molecule has 6 heteroatoms. The van der Waals surface area contributed by atoms with Crippen molar-refractivity contribution in [2.24, 2.45) is 5.73 Å². The Balaban J connectivity index is 1.60. The molecule has 2 aromatic carbocycles. The molecule has 2 N–H and O–H groups in total. The van der Waals surface area contributed by atoms with Gasteiger partial charge in [0, 0.05) is 31.7 Å². The molecule has 0 spiro atoms. The molecule has 1 heterocycles. The van der Waals surface area contributed by atoms with Crippen molar-refractivity contribution in [1.29, 1.82) is 0 Å². The van der Waals surface area contributed by atoms with E-state index in [4.69, 9.17) is 5.73 Å². The van der Waals surface area contributed by atoms with Crippen molar-refractivity contribution in [3.05, 3.63) is 70.5 Å². The van der Waals surface area contributed by atoms with Crippen LogP contribution in [-0.2, 0) is 4.79 Å². The van der Waals surface area contributed by atoms with E-state index in [0.717, 1.165) is 11.1 Å². The van der Waals surface area contributed by atoms with E-state index in [2.05, 4.69) is 0 Å². The maximum atomic E-state index is 13.7. The molecule has 0 aromatic heterocycles. The highest BCUT2D eigenvalue weighted by Gasteiger charge is 2.28. The summed E-state index contributed by atoms with van der Waals surface area (Å²) in [4.78, 5) is 28.5. The number of nitrogens with two attached hydrogens (primary N) is 1. The third-order valence-electron chi connectivity index (χ3n) is 5.00. The first kappa shape index (κ1) is 19.0. The zero-order chi connectivity index (χ0) is 19.6. The second-order valence-corrected chi connectivity index (χ2v) is 6.97. The molecule has 1 fully saturated rings. The number of rotatable bonds is 3. The molecule has 5 nitrogen and oxygen atoms in total. The van der Waals surface area contributed by atoms with E-state index >= 15 is 0 Å². The highest BCUT2D eigenvalue weighted by Crippen LogP contribution is 2.17. The molecule has 1 unspecified atom stereocenters. The molecule has 0 bridgehead atoms. The van der Waals surface area contributed by atoms with Crippen LogP contribution in [0.3, 0.4) is 0 Å². The molecule has 142 valence electrons. The normalized spacial score (nSPS) is 15.6. The Morgan fingerprint density at radius 2 is 1.56 bits per heavy atom. The molecule has 1 aliphatic rings. The van der Waals surface area contributed by atoms with Gasteiger partial charge in [0.1, 0.15) is 11.9 Å². The van der Waals surface area contributed by atoms with Crippen LogP contribution in [0.5, 0.6) is 0 Å². The first-order valence-corrected chi connectivity index (χ1v) is 9.03. The zero-order valence-corrected chi connectivity index (χ0v) is 15.6. The maximum absolute atomic E-state index is 13.7. The number of nitrogens with zero attached hydrogens (tertiary/aromatic N) is 2. The molecular weight excluding hydrogens is 345 g/mol. The van der Waals surface area contributed by atoms with Crippen LogP contribution in [0.15, 0.2) is 42.5 Å². The monoisotopic (exact) mass is 369 g/mol. The van der Waals surface area contributed by atoms with Gasteiger partial charge in [-0.05, 0) is 37.1 Å². The predicted octanol–water partition coefficient (Wildman–Crippen LogP) is 2.43. The quantitative estimate of drug-likeness (QED) is 0.904. The Morgan fingerprint density at radius 3 is 2.15 bits per heavy atom. The number of aryl methyl sites for hydroxylation is 2. The summed E-state index contributed by atoms with van der Waals surface area (Å²) in [6, 6.07) is 11.4. The summed E-state index contributed by atoms with van der Waals surface area (Å²) in [5.41, 5.74) is 8.84. The van der Waals surface area contributed by atoms with Crippen molar-refractivity contribution in [1.82, 2.24) is 9.80 Å². The minimum Gasteiger partial charge on any atom is -0.337 e. The van der Waals surface area contributed by atoms with Crippen molar-refractivity contribution in [3.63, 3.8) is 0 Å². The summed E-state index contributed by atoms with van der Waals surface area (Å²) < 4.78 is 13.7. The van der Waals surface area contributed by atoms with Crippen molar-refractivity contribution >= 4 is 11.8 Å². The molecule has 2 amide bonds. The van der Waals surface area contributed by atoms with E-state index in [1.54, 1.807) is 28.9 Å². The largest absolute Gasteiger partial charge is 0.337 e. The Labute approximate surface area is 158 Å². The van der Waals surface area contributed by atoms with Crippen LogP contribution in [0.2, 0.25) is 0 Å². The average molecular weight is 369 g/mol. The second kappa shape index (κ2) is 7.88. The molecule has 2 aromatic rings. The molecule has 3 rings (SSSR count). The highest BCUT2D eigenvalue weighted by molar-refractivity contribution is 5.94. The third-order valence-corrected chi connectivity index (χ3v) is 5.00. The minimum absolute atomic E-state index is 0.146. The van der Waals surface area contributed by atoms with Gasteiger partial charge in [-0.25, -0.2) is 4.39 Å². The Morgan fingerprint density at radius 1 is 0.963 bits per heavy atom. The lowest BCUT2D eigenvalue weighted by molar-refractivity contribution is -0.134. The van der Waals surface area contributed by atoms with Crippen LogP contribution < -0.4 is 5.73 Å². The molecule has 1 atom stereocenters. The topological polar surface area (TPSA) is 66.6 Å². The van der Waals surface area contributed by atoms with Crippen LogP contribution in [0.1, 0.15) is 33.1 Å². The Hall–Kier alpha value is -2.73. The minimum atomic E-state index is -0.709. The summed E-state index contributed by atoms with van der Waals surface area (Å²) in [7, 11) is 0. The predicted molar refractivity (Wildman–Crippen MR) is 102 cm³/mol. The summed E-state index contributed by atoms with van der Waals surface area (Å²) in [6.45, 7) is 5.27. The lowest BCUT2D eigenvalue weighted by Crippen LogP contribution is -2.52. The summed E-state index contributed by atoms with van der Waals surface area (Å²) in [6.07, 6.45) is 0. The fraction of sp³-hybridized carbons (Fsp3) is 0.333. The van der Waals surface area contributed by atoms with Crippen LogP contribution in [0.25, 0.3) is 0 Å². The second-order valence-electron chi connectivity index (χ2n) is 6.97. The number of benzene rings is 2. The molecule has 0 saturated carbocycles. The fourth-order valence-corrected chi connectivity index (χ4v) is 3.15. The van der Waals surface area contributed by atoms with E-state index in [9.17, 15) is 14.0 Å². The summed E-state index contributed by atoms with van der Waals surface area (Å²) >= 11 is 0. The SMILES string of the molecule is Cc1ccc(C(N)C(=O)N2CCN(C(=O)c3ccc(C)c(F)c3)CC2)cc1. The van der Waals surface area contributed by atoms with Crippen molar-refractivity contribution < 1.29 is 14.0 Å². The number of carbonyl (C=O) groups is 2. The van der Waals surface area contributed by atoms with Gasteiger partial charge in [-0.2, -0.15) is 0 Å². The number of piperazine rings is 1. The molecular formula is C21H24FN3O2. The van der Waals surface area contributed by atoms with Gasteiger partial charge < -0.3 is 15.5 Å². The molecule has 27 heavy (non-hydrogen) atoms. The van der Waals surface area contributed by atoms with E-state index in [1.165, 1.54) is 6.07 Å². The number of hydrogen-bond donors (Lipinski definition) is 1. The molecule has 0 aliphatic carbocycles. The van der Waals surface area contributed by atoms with Crippen molar-refractivity contribution in [2.45, 2.75) is 19.9 Å². The molecule has 0 radical (unpaired) electrons. The first-order valence-electron chi connectivity index (χ1n) is 9.03. The lowest BCUT2D eigenvalue weighted by atomic mass is 10.0. The zero-order valence-electron chi connectivity index (χ0n) is 15.6. The number of amides is 2. The van der Waals surface area contributed by atoms with Crippen LogP contribution >= 0.6 is 0 Å². The molecule has 1 aliphatic heterocycles. The van der Waals surface area contributed by atoms with Gasteiger partial charge in [-0.15, -0.1) is 0 Å². The van der Waals surface area contributed by atoms with E-state index in [0.29, 0.717) is 37.3 Å². The standard InChI is InChI=1S/C21H24FN3O2/c1-14-3-6-16(7-4-14)19(23)21(27)25-11-9-24(10-12-25)20(26)17-8-5-15(2)18(22)13-17/h3-8,13,19H,9-12,23H2,1-2H3. The van der Waals surface area contributed by atoms with Crippen molar-refractivity contribution in [2.75, 3.05) is 26.2 Å². The van der Waals surface area contributed by atoms with Gasteiger partial charge in [0.15, 0.2) is 0 Å². The average Bonchev–Trinajstić information content (AvgIpc) is 2.69. The van der Waals surface area contributed by atoms with Gasteiger partial charge in [0.05, 0.1) is 0 Å². The van der Waals surface area contributed by atoms with E-state index < -0.39 is 11.9 Å². The van der Waals surface area contributed by atoms with Gasteiger partial charge in [0.2, 0.25) is 5.91 Å². The summed E-state index contributed by atoms with van der Waals surface area (Å²) in [5, 5.41) is 0. The smallest absolute Gasteiger partial charge is 0.254 e. The maximum Gasteiger partial charge on any atom is 0.254 e. The number of hydrogen-bond acceptors (Lipinski definition) is 3. The summed E-state index contributed by atoms with van der Waals surface area (Å²) in [5.74, 6) is -0.755. The van der Waals surface area contributed by atoms with Crippen LogP contribution in [-0.4, -0.2) is 47.8 Å². The van der Waals surface area contributed by atoms with Gasteiger partial charge >= 0.3 is 0 Å². The Bertz CT molecular complexity index is 843. The lowest BCUT2D eigenvalue weighted by Gasteiger charge is -2.36. The van der Waals surface area contributed by atoms with Crippen LogP contribution in [0, 0.1) is 19.7 Å². The van der Waals surface area contributed by atoms with Gasteiger partial charge in [-0.3, -0.25) is 9.59 Å². The third kappa shape index (κ3) is 4.17. The van der Waals surface area contributed by atoms with Crippen molar-refractivity contribution in [3.8, 4) is 0 Å². The van der Waals surface area contributed by atoms with E-state index in [-0.39, 0.29) is 11.8 Å². The van der Waals surface area contributed by atoms with Gasteiger partial charge in [-0.1, -0.05) is 35.9 Å². The van der Waals surface area contributed by atoms with E-state index in [1.807, 2.05) is 31.2 Å². The number of carbonyl (C=O) groups excluding carboxylic acids is 2. The Kier molecular flexibility index (Phi) is 5.56. The highest BCUT2D eigenvalue weighted by atomic mass is 19.1.